The fourth-order valence-electron chi connectivity index (χ4n) is 5.73. The summed E-state index contributed by atoms with van der Waals surface area (Å²) in [5.74, 6) is -2.15. The first-order chi connectivity index (χ1) is 26.9. The van der Waals surface area contributed by atoms with Crippen molar-refractivity contribution in [3.63, 3.8) is 0 Å². The van der Waals surface area contributed by atoms with Gasteiger partial charge in [-0.25, -0.2) is 12.8 Å². The lowest BCUT2D eigenvalue weighted by Gasteiger charge is -2.22. The number of halogens is 4. The van der Waals surface area contributed by atoms with Gasteiger partial charge in [0.2, 0.25) is 0 Å². The third-order valence-electron chi connectivity index (χ3n) is 8.63. The maximum atomic E-state index is 13.0. The molecule has 2 N–H and O–H groups in total. The number of hydrogen-bond acceptors (Lipinski definition) is 7. The molecule has 0 spiro atoms. The van der Waals surface area contributed by atoms with E-state index in [0.29, 0.717) is 12.7 Å². The number of benzene rings is 5. The molecule has 0 heterocycles. The minimum absolute atomic E-state index is 0.343. The van der Waals surface area contributed by atoms with Gasteiger partial charge in [-0.1, -0.05) is 79.7 Å². The van der Waals surface area contributed by atoms with Gasteiger partial charge in [-0.2, -0.15) is 18.4 Å². The number of amides is 1. The number of anilines is 1. The zero-order chi connectivity index (χ0) is 41.8. The number of aliphatic hydroxyl groups is 1. The highest BCUT2D eigenvalue weighted by atomic mass is 32.2. The second-order valence-corrected chi connectivity index (χ2v) is 15.4. The molecule has 0 fully saturated rings. The quantitative estimate of drug-likeness (QED) is 0.0694. The number of hydrogen-bond donors (Lipinski definition) is 2. The second-order valence-electron chi connectivity index (χ2n) is 13.4. The molecule has 0 radical (unpaired) electrons. The van der Waals surface area contributed by atoms with Gasteiger partial charge >= 0.3 is 6.18 Å². The largest absolute Gasteiger partial charge is 0.492 e. The molecule has 8 nitrogen and oxygen atoms in total. The minimum Gasteiger partial charge on any atom is -0.492 e. The molecule has 13 heteroatoms. The molecule has 1 unspecified atom stereocenters. The first-order valence-electron chi connectivity index (χ1n) is 17.8. The molecule has 0 aliphatic heterocycles. The zero-order valence-corrected chi connectivity index (χ0v) is 32.7. The summed E-state index contributed by atoms with van der Waals surface area (Å²) >= 11 is 0. The van der Waals surface area contributed by atoms with Crippen molar-refractivity contribution < 1.29 is 40.6 Å². The number of nitrogens with one attached hydrogen (secondary N) is 1. The van der Waals surface area contributed by atoms with Crippen LogP contribution in [0, 0.1) is 17.1 Å². The maximum absolute atomic E-state index is 13.0. The summed E-state index contributed by atoms with van der Waals surface area (Å²) < 4.78 is 82.5. The van der Waals surface area contributed by atoms with Crippen LogP contribution in [0.1, 0.15) is 48.1 Å². The molecule has 1 amide bonds. The highest BCUT2D eigenvalue weighted by molar-refractivity contribution is 7.91. The van der Waals surface area contributed by atoms with E-state index in [4.69, 9.17) is 10.00 Å². The van der Waals surface area contributed by atoms with Crippen molar-refractivity contribution in [2.45, 2.75) is 36.9 Å². The van der Waals surface area contributed by atoms with Crippen LogP contribution in [0.3, 0.4) is 0 Å². The smallest absolute Gasteiger partial charge is 0.417 e. The number of rotatable bonds is 13. The van der Waals surface area contributed by atoms with E-state index in [2.05, 4.69) is 111 Å². The van der Waals surface area contributed by atoms with E-state index < -0.39 is 50.2 Å². The molecular weight excluding hydrogens is 759 g/mol. The lowest BCUT2D eigenvalue weighted by atomic mass is 9.88. The number of ether oxygens (including phenoxy) is 1. The van der Waals surface area contributed by atoms with Crippen molar-refractivity contribution in [1.82, 2.24) is 4.90 Å². The van der Waals surface area contributed by atoms with E-state index in [1.165, 1.54) is 33.9 Å². The van der Waals surface area contributed by atoms with Gasteiger partial charge < -0.3 is 20.1 Å². The summed E-state index contributed by atoms with van der Waals surface area (Å²) in [6, 6.07) is 37.2. The van der Waals surface area contributed by atoms with Crippen LogP contribution in [0.25, 0.3) is 11.1 Å². The molecular formula is C44H43F4N3O5S. The van der Waals surface area contributed by atoms with Gasteiger partial charge in [0.05, 0.1) is 27.8 Å². The fraction of sp³-hybridized carbons (Fsp3) is 0.227. The van der Waals surface area contributed by atoms with Crippen molar-refractivity contribution in [3.8, 4) is 11.8 Å². The topological polar surface area (TPSA) is 120 Å². The number of likely N-dealkylation sites (N-methyl/N-ethyl adjacent to an activating group) is 1. The van der Waals surface area contributed by atoms with Crippen LogP contribution in [-0.4, -0.2) is 62.9 Å². The Labute approximate surface area is 330 Å². The Kier molecular flexibility index (Phi) is 14.9. The molecule has 0 aliphatic carbocycles. The van der Waals surface area contributed by atoms with Gasteiger partial charge in [0.1, 0.15) is 18.2 Å². The number of carbonyl (C=O) groups is 1. The average Bonchev–Trinajstić information content (AvgIpc) is 3.17. The summed E-state index contributed by atoms with van der Waals surface area (Å²) in [6.07, 6.45) is -3.89. The molecule has 1 atom stereocenters. The average molecular weight is 802 g/mol. The number of allylic oxidation sites excluding steroid dienone is 1. The highest BCUT2D eigenvalue weighted by Crippen LogP contribution is 2.36. The third kappa shape index (κ3) is 12.3. The van der Waals surface area contributed by atoms with Crippen molar-refractivity contribution in [1.29, 1.82) is 5.26 Å². The van der Waals surface area contributed by atoms with Crippen LogP contribution in [-0.2, 0) is 20.8 Å². The molecule has 5 aromatic carbocycles. The summed E-state index contributed by atoms with van der Waals surface area (Å²) in [5.41, 5.74) is 1.51. The van der Waals surface area contributed by atoms with E-state index in [-0.39, 0.29) is 10.6 Å². The maximum Gasteiger partial charge on any atom is 0.417 e. The minimum atomic E-state index is -4.86. The normalized spacial score (nSPS) is 13.0. The Bertz CT molecular complexity index is 2290. The van der Waals surface area contributed by atoms with Gasteiger partial charge in [0.25, 0.3) is 5.91 Å². The lowest BCUT2D eigenvalue weighted by Crippen LogP contribution is -2.45. The number of carbonyl (C=O) groups excluding carboxylic acids is 1. The van der Waals surface area contributed by atoms with Gasteiger partial charge in [-0.3, -0.25) is 4.79 Å². The Balaban J connectivity index is 0.000000253. The summed E-state index contributed by atoms with van der Waals surface area (Å²) in [4.78, 5) is 14.1. The molecule has 0 saturated heterocycles. The number of nitrogens with zero attached hydrogens (tertiary/aromatic N) is 2. The van der Waals surface area contributed by atoms with E-state index in [0.717, 1.165) is 62.0 Å². The summed E-state index contributed by atoms with van der Waals surface area (Å²) in [7, 11) is -0.105. The van der Waals surface area contributed by atoms with Crippen LogP contribution in [0.4, 0.5) is 23.2 Å². The van der Waals surface area contributed by atoms with Gasteiger partial charge in [-0.05, 0) is 110 Å². The Morgan fingerprint density at radius 3 is 1.93 bits per heavy atom. The van der Waals surface area contributed by atoms with E-state index in [1.54, 1.807) is 0 Å². The molecule has 0 bridgehead atoms. The van der Waals surface area contributed by atoms with E-state index in [1.807, 2.05) is 5.32 Å². The monoisotopic (exact) mass is 801 g/mol. The molecule has 0 saturated carbocycles. The van der Waals surface area contributed by atoms with Gasteiger partial charge in [0.15, 0.2) is 15.4 Å². The molecule has 0 aromatic heterocycles. The standard InChI is InChI=1S/C26H29NO.C18H14F4N2O4S/c1-4-25(21-11-7-5-8-12-21)26(22-13-9-6-10-14-22)23-15-17-24(18-16-23)28-20-19-27(2)3;1-17(26,10-29(27,28)14-6-3-12(19)4-7-14)16(25)24-13-5-2-11(9-23)15(8-13)18(20,21)22/h5-18H,4,19-20H2,1-3H3;2-8,26H,10H2,1H3,(H,24,25)/b26-25-;. The first kappa shape index (κ1) is 43.9. The Hall–Kier alpha value is -5.81. The summed E-state index contributed by atoms with van der Waals surface area (Å²) in [6.45, 7) is 4.70. The van der Waals surface area contributed by atoms with Crippen LogP contribution in [0.2, 0.25) is 0 Å². The molecule has 298 valence electrons. The van der Waals surface area contributed by atoms with Crippen LogP contribution in [0.15, 0.2) is 132 Å². The summed E-state index contributed by atoms with van der Waals surface area (Å²) in [5, 5.41) is 21.1. The predicted octanol–water partition coefficient (Wildman–Crippen LogP) is 8.88. The lowest BCUT2D eigenvalue weighted by molar-refractivity contribution is -0.137. The fourth-order valence-corrected chi connectivity index (χ4v) is 7.32. The van der Waals surface area contributed by atoms with Crippen LogP contribution >= 0.6 is 0 Å². The third-order valence-corrected chi connectivity index (χ3v) is 10.6. The molecule has 5 aromatic rings. The zero-order valence-electron chi connectivity index (χ0n) is 31.8. The molecule has 0 aliphatic rings. The Morgan fingerprint density at radius 1 is 0.842 bits per heavy atom. The van der Waals surface area contributed by atoms with E-state index in [9.17, 15) is 35.9 Å². The van der Waals surface area contributed by atoms with E-state index >= 15 is 0 Å². The Morgan fingerprint density at radius 2 is 1.40 bits per heavy atom. The highest BCUT2D eigenvalue weighted by Gasteiger charge is 2.38. The van der Waals surface area contributed by atoms with Crippen LogP contribution < -0.4 is 10.1 Å². The van der Waals surface area contributed by atoms with Crippen molar-refractivity contribution >= 4 is 32.6 Å². The number of sulfone groups is 1. The number of nitriles is 1. The van der Waals surface area contributed by atoms with Gasteiger partial charge in [0, 0.05) is 12.2 Å². The van der Waals surface area contributed by atoms with Crippen molar-refractivity contribution in [2.24, 2.45) is 0 Å². The van der Waals surface area contributed by atoms with Crippen molar-refractivity contribution in [2.75, 3.05) is 38.3 Å². The number of alkyl halides is 3. The molecule has 57 heavy (non-hydrogen) atoms. The first-order valence-corrected chi connectivity index (χ1v) is 19.5. The SMILES string of the molecule is CC(O)(CS(=O)(=O)c1ccc(F)cc1)C(=O)Nc1ccc(C#N)c(C(F)(F)F)c1.CC/C(=C(\c1ccccc1)c1ccc(OCCN(C)C)cc1)c1ccccc1. The van der Waals surface area contributed by atoms with Gasteiger partial charge in [-0.15, -0.1) is 0 Å². The van der Waals surface area contributed by atoms with Crippen LogP contribution in [0.5, 0.6) is 5.75 Å². The predicted molar refractivity (Wildman–Crippen MR) is 213 cm³/mol. The van der Waals surface area contributed by atoms with Crippen molar-refractivity contribution in [3.05, 3.63) is 161 Å². The second kappa shape index (κ2) is 19.4. The molecule has 5 rings (SSSR count).